The first kappa shape index (κ1) is 24.5. The summed E-state index contributed by atoms with van der Waals surface area (Å²) in [5, 5.41) is 1.91. The first-order valence-electron chi connectivity index (χ1n) is 12.4. The van der Waals surface area contributed by atoms with Crippen molar-refractivity contribution < 1.29 is 14.3 Å². The molecule has 8 nitrogen and oxygen atoms in total. The fourth-order valence-electron chi connectivity index (χ4n) is 4.93. The minimum Gasteiger partial charge on any atom is -0.378 e. The van der Waals surface area contributed by atoms with E-state index in [2.05, 4.69) is 23.7 Å². The van der Waals surface area contributed by atoms with Gasteiger partial charge in [-0.2, -0.15) is 0 Å². The first-order valence-corrected chi connectivity index (χ1v) is 14.2. The molecule has 6 rings (SSSR count). The van der Waals surface area contributed by atoms with Crippen molar-refractivity contribution in [2.24, 2.45) is 0 Å². The number of anilines is 2. The standard InChI is InChI=1S/C27H29N5O3S2/c1-27(2)13-18-19(14-35-27)24(32-9-11-34-12-10-32)30-25-21(18)22-23(37-25)26(29-16-28-22)36-15-20(33)31(3)17-7-5-4-6-8-17/h4-8,16H,9-15H2,1-3H3. The summed E-state index contributed by atoms with van der Waals surface area (Å²) in [5.74, 6) is 1.31. The van der Waals surface area contributed by atoms with Gasteiger partial charge in [-0.1, -0.05) is 30.0 Å². The van der Waals surface area contributed by atoms with Crippen molar-refractivity contribution in [1.82, 2.24) is 15.0 Å². The number of thiophene rings is 1. The second-order valence-electron chi connectivity index (χ2n) is 9.93. The van der Waals surface area contributed by atoms with Crippen molar-refractivity contribution in [3.8, 4) is 0 Å². The van der Waals surface area contributed by atoms with Crippen LogP contribution in [-0.2, 0) is 27.3 Å². The number of carbonyl (C=O) groups is 1. The topological polar surface area (TPSA) is 80.7 Å². The number of benzene rings is 1. The van der Waals surface area contributed by atoms with Crippen LogP contribution in [-0.4, -0.2) is 65.6 Å². The minimum atomic E-state index is -0.267. The molecule has 4 aromatic rings. The average molecular weight is 536 g/mol. The molecule has 1 fully saturated rings. The van der Waals surface area contributed by atoms with Crippen molar-refractivity contribution in [1.29, 1.82) is 0 Å². The molecule has 10 heteroatoms. The van der Waals surface area contributed by atoms with Gasteiger partial charge in [0, 0.05) is 43.2 Å². The van der Waals surface area contributed by atoms with Crippen molar-refractivity contribution >= 4 is 60.9 Å². The minimum absolute atomic E-state index is 0.0214. The van der Waals surface area contributed by atoms with E-state index in [1.165, 1.54) is 17.3 Å². The molecule has 192 valence electrons. The molecule has 1 aromatic carbocycles. The van der Waals surface area contributed by atoms with Gasteiger partial charge in [-0.05, 0) is 31.5 Å². The Labute approximate surface area is 224 Å². The molecule has 0 spiro atoms. The molecular formula is C27H29N5O3S2. The van der Waals surface area contributed by atoms with Crippen LogP contribution < -0.4 is 9.80 Å². The van der Waals surface area contributed by atoms with Gasteiger partial charge in [0.1, 0.15) is 22.0 Å². The van der Waals surface area contributed by atoms with Crippen LogP contribution in [0.1, 0.15) is 25.0 Å². The van der Waals surface area contributed by atoms with E-state index in [0.717, 1.165) is 62.0 Å². The predicted octanol–water partition coefficient (Wildman–Crippen LogP) is 4.68. The number of para-hydroxylation sites is 1. The van der Waals surface area contributed by atoms with Gasteiger partial charge in [-0.15, -0.1) is 11.3 Å². The monoisotopic (exact) mass is 535 g/mol. The molecule has 37 heavy (non-hydrogen) atoms. The van der Waals surface area contributed by atoms with Gasteiger partial charge < -0.3 is 19.3 Å². The van der Waals surface area contributed by atoms with E-state index in [1.807, 2.05) is 30.3 Å². The summed E-state index contributed by atoms with van der Waals surface area (Å²) < 4.78 is 12.8. The Morgan fingerprint density at radius 3 is 2.73 bits per heavy atom. The molecule has 0 bridgehead atoms. The van der Waals surface area contributed by atoms with Crippen molar-refractivity contribution in [2.75, 3.05) is 48.9 Å². The molecule has 1 saturated heterocycles. The Bertz CT molecular complexity index is 1470. The van der Waals surface area contributed by atoms with Crippen LogP contribution in [0.2, 0.25) is 0 Å². The normalized spacial score (nSPS) is 17.2. The zero-order valence-corrected chi connectivity index (χ0v) is 22.8. The maximum absolute atomic E-state index is 12.9. The number of aromatic nitrogens is 3. The Hall–Kier alpha value is -2.79. The third-order valence-corrected chi connectivity index (χ3v) is 9.12. The van der Waals surface area contributed by atoms with Crippen LogP contribution in [0.25, 0.3) is 20.4 Å². The van der Waals surface area contributed by atoms with E-state index in [9.17, 15) is 4.79 Å². The lowest BCUT2D eigenvalue weighted by Gasteiger charge is -2.36. The van der Waals surface area contributed by atoms with Gasteiger partial charge in [0.15, 0.2) is 0 Å². The van der Waals surface area contributed by atoms with E-state index < -0.39 is 0 Å². The van der Waals surface area contributed by atoms with Crippen LogP contribution in [0.4, 0.5) is 11.5 Å². The highest BCUT2D eigenvalue weighted by Gasteiger charge is 2.33. The number of hydrogen-bond acceptors (Lipinski definition) is 9. The molecule has 0 unspecified atom stereocenters. The van der Waals surface area contributed by atoms with Crippen molar-refractivity contribution in [3.05, 3.63) is 47.8 Å². The summed E-state index contributed by atoms with van der Waals surface area (Å²) >= 11 is 3.07. The summed E-state index contributed by atoms with van der Waals surface area (Å²) in [5.41, 5.74) is 3.94. The molecule has 2 aliphatic rings. The number of carbonyl (C=O) groups excluding carboxylic acids is 1. The summed E-state index contributed by atoms with van der Waals surface area (Å²) in [7, 11) is 1.81. The fraction of sp³-hybridized carbons (Fsp3) is 0.407. The summed E-state index contributed by atoms with van der Waals surface area (Å²) in [6.07, 6.45) is 2.40. The highest BCUT2D eigenvalue weighted by atomic mass is 32.2. The number of hydrogen-bond donors (Lipinski definition) is 0. The molecule has 0 saturated carbocycles. The molecule has 0 radical (unpaired) electrons. The predicted molar refractivity (Wildman–Crippen MR) is 149 cm³/mol. The molecule has 1 amide bonds. The number of thioether (sulfide) groups is 1. The van der Waals surface area contributed by atoms with Crippen LogP contribution in [0, 0.1) is 0 Å². The molecule has 0 atom stereocenters. The summed E-state index contributed by atoms with van der Waals surface area (Å²) in [6, 6.07) is 9.68. The summed E-state index contributed by atoms with van der Waals surface area (Å²) in [4.78, 5) is 32.3. The maximum Gasteiger partial charge on any atom is 0.237 e. The third kappa shape index (κ3) is 4.67. The number of fused-ring (bicyclic) bond motifs is 5. The SMILES string of the molecule is CN(C(=O)CSc1ncnc2c1sc1nc(N3CCOCC3)c3c(c12)CC(C)(C)OC3)c1ccccc1. The van der Waals surface area contributed by atoms with Gasteiger partial charge in [-0.3, -0.25) is 4.79 Å². The van der Waals surface area contributed by atoms with Gasteiger partial charge in [0.05, 0.1) is 41.4 Å². The van der Waals surface area contributed by atoms with Gasteiger partial charge in [-0.25, -0.2) is 15.0 Å². The first-order chi connectivity index (χ1) is 17.9. The Kier molecular flexibility index (Phi) is 6.52. The lowest BCUT2D eigenvalue weighted by Crippen LogP contribution is -2.39. The molecule has 3 aromatic heterocycles. The number of ether oxygens (including phenoxy) is 2. The van der Waals surface area contributed by atoms with Crippen molar-refractivity contribution in [3.63, 3.8) is 0 Å². The van der Waals surface area contributed by atoms with E-state index in [0.29, 0.717) is 19.8 Å². The van der Waals surface area contributed by atoms with Gasteiger partial charge in [0.25, 0.3) is 0 Å². The van der Waals surface area contributed by atoms with Crippen molar-refractivity contribution in [2.45, 2.75) is 37.5 Å². The quantitative estimate of drug-likeness (QED) is 0.269. The molecular weight excluding hydrogens is 506 g/mol. The molecule has 2 aliphatic heterocycles. The Morgan fingerprint density at radius 1 is 1.16 bits per heavy atom. The summed E-state index contributed by atoms with van der Waals surface area (Å²) in [6.45, 7) is 7.83. The third-order valence-electron chi connectivity index (χ3n) is 6.93. The van der Waals surface area contributed by atoms with E-state index in [4.69, 9.17) is 19.4 Å². The zero-order chi connectivity index (χ0) is 25.6. The highest BCUT2D eigenvalue weighted by molar-refractivity contribution is 8.00. The van der Waals surface area contributed by atoms with Crippen LogP contribution in [0.3, 0.4) is 0 Å². The number of amides is 1. The molecule has 5 heterocycles. The van der Waals surface area contributed by atoms with Gasteiger partial charge >= 0.3 is 0 Å². The number of rotatable bonds is 5. The van der Waals surface area contributed by atoms with Crippen LogP contribution in [0.5, 0.6) is 0 Å². The average Bonchev–Trinajstić information content (AvgIpc) is 3.30. The molecule has 0 aliphatic carbocycles. The maximum atomic E-state index is 12.9. The van der Waals surface area contributed by atoms with Gasteiger partial charge in [0.2, 0.25) is 5.91 Å². The van der Waals surface area contributed by atoms with E-state index >= 15 is 0 Å². The second kappa shape index (κ2) is 9.83. The Balaban J connectivity index is 1.39. The Morgan fingerprint density at radius 2 is 1.95 bits per heavy atom. The van der Waals surface area contributed by atoms with E-state index in [1.54, 1.807) is 29.6 Å². The van der Waals surface area contributed by atoms with E-state index in [-0.39, 0.29) is 17.3 Å². The largest absolute Gasteiger partial charge is 0.378 e. The molecule has 0 N–H and O–H groups in total. The second-order valence-corrected chi connectivity index (χ2v) is 11.9. The lowest BCUT2D eigenvalue weighted by atomic mass is 9.90. The smallest absolute Gasteiger partial charge is 0.237 e. The zero-order valence-electron chi connectivity index (χ0n) is 21.2. The highest BCUT2D eigenvalue weighted by Crippen LogP contribution is 2.44. The van der Waals surface area contributed by atoms with Crippen LogP contribution >= 0.6 is 23.1 Å². The van der Waals surface area contributed by atoms with Crippen LogP contribution in [0.15, 0.2) is 41.7 Å². The fourth-order valence-corrected chi connectivity index (χ4v) is 7.07. The number of nitrogens with zero attached hydrogens (tertiary/aromatic N) is 5. The number of morpholine rings is 1. The number of pyridine rings is 1. The lowest BCUT2D eigenvalue weighted by molar-refractivity contribution is -0.115.